The van der Waals surface area contributed by atoms with Gasteiger partial charge < -0.3 is 9.84 Å². The molecule has 0 spiro atoms. The lowest BCUT2D eigenvalue weighted by Crippen LogP contribution is -2.45. The van der Waals surface area contributed by atoms with Crippen molar-refractivity contribution in [1.82, 2.24) is 4.90 Å². The first-order valence-corrected chi connectivity index (χ1v) is 8.92. The Morgan fingerprint density at radius 2 is 1.52 bits per heavy atom. The topological polar surface area (TPSA) is 83.9 Å². The van der Waals surface area contributed by atoms with Crippen molar-refractivity contribution in [3.8, 4) is 0 Å². The van der Waals surface area contributed by atoms with Gasteiger partial charge >= 0.3 is 5.97 Å². The molecule has 1 unspecified atom stereocenters. The van der Waals surface area contributed by atoms with Crippen molar-refractivity contribution in [2.24, 2.45) is 0 Å². The molecular formula is C21H21NO5. The lowest BCUT2D eigenvalue weighted by molar-refractivity contribution is -0.150. The van der Waals surface area contributed by atoms with Crippen LogP contribution >= 0.6 is 0 Å². The molecule has 1 heterocycles. The summed E-state index contributed by atoms with van der Waals surface area (Å²) in [6.45, 7) is 0.0489. The van der Waals surface area contributed by atoms with Gasteiger partial charge in [-0.1, -0.05) is 42.5 Å². The molecule has 0 saturated heterocycles. The second-order valence-corrected chi connectivity index (χ2v) is 6.35. The van der Waals surface area contributed by atoms with Crippen LogP contribution in [0.25, 0.3) is 0 Å². The highest BCUT2D eigenvalue weighted by molar-refractivity contribution is 6.22. The Kier molecular flexibility index (Phi) is 5.98. The molecule has 27 heavy (non-hydrogen) atoms. The smallest absolute Gasteiger partial charge is 0.329 e. The molecule has 2 amide bonds. The van der Waals surface area contributed by atoms with Crippen LogP contribution in [-0.2, 0) is 16.1 Å². The van der Waals surface area contributed by atoms with E-state index in [1.165, 1.54) is 0 Å². The fourth-order valence-corrected chi connectivity index (χ4v) is 3.12. The first kappa shape index (κ1) is 18.8. The molecule has 1 aliphatic heterocycles. The third kappa shape index (κ3) is 4.06. The molecule has 2 aromatic carbocycles. The van der Waals surface area contributed by atoms with Gasteiger partial charge in [0.25, 0.3) is 11.8 Å². The Labute approximate surface area is 157 Å². The van der Waals surface area contributed by atoms with Gasteiger partial charge in [-0.15, -0.1) is 0 Å². The maximum Gasteiger partial charge on any atom is 0.329 e. The number of esters is 1. The van der Waals surface area contributed by atoms with Crippen molar-refractivity contribution in [3.05, 3.63) is 71.3 Å². The van der Waals surface area contributed by atoms with Crippen molar-refractivity contribution >= 4 is 17.8 Å². The first-order valence-electron chi connectivity index (χ1n) is 8.92. The van der Waals surface area contributed by atoms with Crippen LogP contribution in [0, 0.1) is 0 Å². The summed E-state index contributed by atoms with van der Waals surface area (Å²) in [6, 6.07) is 14.7. The summed E-state index contributed by atoms with van der Waals surface area (Å²) >= 11 is 0. The molecule has 2 aromatic rings. The van der Waals surface area contributed by atoms with Crippen LogP contribution in [-0.4, -0.2) is 40.4 Å². The van der Waals surface area contributed by atoms with Crippen LogP contribution in [0.5, 0.6) is 0 Å². The molecule has 3 rings (SSSR count). The van der Waals surface area contributed by atoms with E-state index in [0.29, 0.717) is 24.0 Å². The lowest BCUT2D eigenvalue weighted by Gasteiger charge is -2.24. The summed E-state index contributed by atoms with van der Waals surface area (Å²) in [5, 5.41) is 9.02. The van der Waals surface area contributed by atoms with Gasteiger partial charge in [0.05, 0.1) is 11.1 Å². The lowest BCUT2D eigenvalue weighted by atomic mass is 10.1. The Bertz CT molecular complexity index is 798. The van der Waals surface area contributed by atoms with E-state index in [4.69, 9.17) is 9.84 Å². The number of fused-ring (bicyclic) bond motifs is 1. The van der Waals surface area contributed by atoms with Crippen LogP contribution in [0.4, 0.5) is 0 Å². The van der Waals surface area contributed by atoms with Crippen LogP contribution in [0.15, 0.2) is 54.6 Å². The van der Waals surface area contributed by atoms with E-state index in [2.05, 4.69) is 0 Å². The first-order chi connectivity index (χ1) is 13.1. The Balaban J connectivity index is 1.78. The predicted octanol–water partition coefficient (Wildman–Crippen LogP) is 2.56. The number of unbranched alkanes of at least 4 members (excludes halogenated alkanes) is 1. The van der Waals surface area contributed by atoms with Gasteiger partial charge in [-0.2, -0.15) is 0 Å². The summed E-state index contributed by atoms with van der Waals surface area (Å²) in [4.78, 5) is 39.1. The van der Waals surface area contributed by atoms with E-state index in [-0.39, 0.29) is 19.6 Å². The molecule has 140 valence electrons. The van der Waals surface area contributed by atoms with Crippen LogP contribution < -0.4 is 0 Å². The number of ether oxygens (including phenoxy) is 1. The Morgan fingerprint density at radius 1 is 0.926 bits per heavy atom. The summed E-state index contributed by atoms with van der Waals surface area (Å²) in [5.74, 6) is -1.59. The van der Waals surface area contributed by atoms with Crippen LogP contribution in [0.1, 0.15) is 45.5 Å². The maximum atomic E-state index is 12.7. The summed E-state index contributed by atoms with van der Waals surface area (Å²) in [6.07, 6.45) is 1.22. The number of imide groups is 1. The van der Waals surface area contributed by atoms with Crippen molar-refractivity contribution in [2.45, 2.75) is 31.9 Å². The van der Waals surface area contributed by atoms with E-state index in [0.717, 1.165) is 10.5 Å². The van der Waals surface area contributed by atoms with Crippen molar-refractivity contribution in [1.29, 1.82) is 0 Å². The number of hydrogen-bond acceptors (Lipinski definition) is 5. The standard InChI is InChI=1S/C21H21NO5/c23-13-7-6-12-18(21(26)27-14-15-8-2-1-3-9-15)22-19(24)16-10-4-5-11-17(16)20(22)25/h1-5,8-11,18,23H,6-7,12-14H2. The van der Waals surface area contributed by atoms with Crippen molar-refractivity contribution < 1.29 is 24.2 Å². The average molecular weight is 367 g/mol. The average Bonchev–Trinajstić information content (AvgIpc) is 2.95. The van der Waals surface area contributed by atoms with Gasteiger partial charge in [-0.3, -0.25) is 14.5 Å². The van der Waals surface area contributed by atoms with Gasteiger partial charge in [0, 0.05) is 6.61 Å². The number of amides is 2. The fourth-order valence-electron chi connectivity index (χ4n) is 3.12. The van der Waals surface area contributed by atoms with E-state index in [1.54, 1.807) is 24.3 Å². The minimum Gasteiger partial charge on any atom is -0.459 e. The zero-order valence-electron chi connectivity index (χ0n) is 14.8. The zero-order valence-corrected chi connectivity index (χ0v) is 14.8. The third-order valence-electron chi connectivity index (χ3n) is 4.52. The predicted molar refractivity (Wildman–Crippen MR) is 97.9 cm³/mol. The molecule has 0 bridgehead atoms. The molecule has 0 aromatic heterocycles. The van der Waals surface area contributed by atoms with Gasteiger partial charge in [0.1, 0.15) is 12.6 Å². The molecule has 0 radical (unpaired) electrons. The number of nitrogens with zero attached hydrogens (tertiary/aromatic N) is 1. The minimum absolute atomic E-state index is 0.0199. The number of benzene rings is 2. The molecule has 1 atom stereocenters. The van der Waals surface area contributed by atoms with E-state index >= 15 is 0 Å². The minimum atomic E-state index is -1.01. The molecule has 1 N–H and O–H groups in total. The molecule has 0 fully saturated rings. The highest BCUT2D eigenvalue weighted by atomic mass is 16.5. The number of carbonyl (C=O) groups excluding carboxylic acids is 3. The Morgan fingerprint density at radius 3 is 2.11 bits per heavy atom. The van der Waals surface area contributed by atoms with Gasteiger partial charge in [-0.25, -0.2) is 4.79 Å². The van der Waals surface area contributed by atoms with E-state index < -0.39 is 23.8 Å². The molecule has 0 saturated carbocycles. The van der Waals surface area contributed by atoms with E-state index in [9.17, 15) is 14.4 Å². The highest BCUT2D eigenvalue weighted by Gasteiger charge is 2.43. The molecule has 1 aliphatic rings. The SMILES string of the molecule is O=C(OCc1ccccc1)C(CCCCO)N1C(=O)c2ccccc2C1=O. The number of hydrogen-bond donors (Lipinski definition) is 1. The normalized spacial score (nSPS) is 14.2. The molecule has 6 nitrogen and oxygen atoms in total. The number of aliphatic hydroxyl groups is 1. The van der Waals surface area contributed by atoms with Gasteiger partial charge in [0.2, 0.25) is 0 Å². The quantitative estimate of drug-likeness (QED) is 0.440. The third-order valence-corrected chi connectivity index (χ3v) is 4.52. The molecular weight excluding hydrogens is 346 g/mol. The Hall–Kier alpha value is -2.99. The van der Waals surface area contributed by atoms with Crippen LogP contribution in [0.3, 0.4) is 0 Å². The number of aliphatic hydroxyl groups excluding tert-OH is 1. The maximum absolute atomic E-state index is 12.7. The summed E-state index contributed by atoms with van der Waals surface area (Å²) in [7, 11) is 0. The number of rotatable bonds is 8. The fraction of sp³-hybridized carbons (Fsp3) is 0.286. The van der Waals surface area contributed by atoms with Crippen LogP contribution in [0.2, 0.25) is 0 Å². The summed E-state index contributed by atoms with van der Waals surface area (Å²) < 4.78 is 5.38. The van der Waals surface area contributed by atoms with Gasteiger partial charge in [-0.05, 0) is 37.0 Å². The largest absolute Gasteiger partial charge is 0.459 e. The van der Waals surface area contributed by atoms with E-state index in [1.807, 2.05) is 30.3 Å². The second-order valence-electron chi connectivity index (χ2n) is 6.35. The monoisotopic (exact) mass is 367 g/mol. The van der Waals surface area contributed by atoms with Crippen molar-refractivity contribution in [3.63, 3.8) is 0 Å². The molecule has 0 aliphatic carbocycles. The zero-order chi connectivity index (χ0) is 19.2. The molecule has 6 heteroatoms. The van der Waals surface area contributed by atoms with Crippen molar-refractivity contribution in [2.75, 3.05) is 6.61 Å². The second kappa shape index (κ2) is 8.60. The highest BCUT2D eigenvalue weighted by Crippen LogP contribution is 2.27. The summed E-state index contributed by atoms with van der Waals surface area (Å²) in [5.41, 5.74) is 1.42. The number of carbonyl (C=O) groups is 3. The van der Waals surface area contributed by atoms with Gasteiger partial charge in [0.15, 0.2) is 0 Å².